The van der Waals surface area contributed by atoms with Gasteiger partial charge in [-0.25, -0.2) is 0 Å². The Morgan fingerprint density at radius 3 is 1.90 bits per heavy atom. The normalized spacial score (nSPS) is 19.1. The number of carboxylic acid groups (broad SMARTS) is 1. The number of carbonyl (C=O) groups excluding carboxylic acids is 18. The van der Waals surface area contributed by atoms with E-state index in [9.17, 15) is 67.7 Å². The first-order valence-corrected chi connectivity index (χ1v) is 45.6. The Balaban J connectivity index is 0.0000105. The fraction of sp³-hybridized carbons (Fsp3) is 0.522. The molecular weight excluding hydrogens is 1740 g/mol. The number of benzene rings is 4. The van der Waals surface area contributed by atoms with Crippen molar-refractivity contribution >= 4 is 151 Å². The topological polar surface area (TPSA) is 687 Å². The van der Waals surface area contributed by atoms with E-state index in [-0.39, 0.29) is 96.4 Å². The number of nitrogens with two attached hydrogens (primary N) is 6. The molecule has 13 amide bonds. The number of para-hydroxylation sites is 1. The third kappa shape index (κ3) is 36.3. The molecule has 0 spiro atoms. The predicted octanol–water partition coefficient (Wildman–Crippen LogP) is 0.821. The maximum absolute atomic E-state index is 16.1. The maximum atomic E-state index is 16.1. The lowest BCUT2D eigenvalue weighted by molar-refractivity contribution is -0.142. The monoisotopic (exact) mass is 1870 g/mol. The molecule has 25 N–H and O–H groups in total. The number of amides is 13. The number of unbranched alkanes of at least 4 members (excludes halogenated alkanes) is 1. The van der Waals surface area contributed by atoms with Gasteiger partial charge in [0.25, 0.3) is 0 Å². The fourth-order valence-electron chi connectivity index (χ4n) is 15.6. The molecule has 1 aromatic heterocycles. The van der Waals surface area contributed by atoms with Crippen molar-refractivity contribution in [2.24, 2.45) is 64.0 Å². The number of aromatic nitrogens is 1. The molecule has 13 unspecified atom stereocenters. The lowest BCUT2D eigenvalue weighted by Gasteiger charge is -2.38. The fourth-order valence-corrected chi connectivity index (χ4v) is 16.8. The van der Waals surface area contributed by atoms with Crippen molar-refractivity contribution in [3.63, 3.8) is 0 Å². The van der Waals surface area contributed by atoms with E-state index in [0.29, 0.717) is 51.7 Å². The van der Waals surface area contributed by atoms with Gasteiger partial charge in [0.2, 0.25) is 76.8 Å². The zero-order valence-corrected chi connectivity index (χ0v) is 76.4. The van der Waals surface area contributed by atoms with E-state index >= 15 is 33.6 Å². The summed E-state index contributed by atoms with van der Waals surface area (Å²) in [6.45, 7) is 6.66. The Kier molecular flexibility index (Phi) is 44.9. The highest BCUT2D eigenvalue weighted by atomic mass is 32.2. The van der Waals surface area contributed by atoms with Crippen LogP contribution in [-0.2, 0) is 115 Å². The van der Waals surface area contributed by atoms with Crippen LogP contribution in [0.3, 0.4) is 0 Å². The van der Waals surface area contributed by atoms with Gasteiger partial charge in [0.1, 0.15) is 36.0 Å². The number of rotatable bonds is 48. The molecule has 2 aliphatic rings. The van der Waals surface area contributed by atoms with Crippen LogP contribution in [0.4, 0.5) is 0 Å². The summed E-state index contributed by atoms with van der Waals surface area (Å²) in [4.78, 5) is 271. The van der Waals surface area contributed by atoms with Crippen LogP contribution in [0.5, 0.6) is 5.75 Å². The van der Waals surface area contributed by atoms with Crippen molar-refractivity contribution in [1.29, 1.82) is 5.41 Å². The Labute approximate surface area is 775 Å². The van der Waals surface area contributed by atoms with Crippen LogP contribution < -0.4 is 87.0 Å². The molecule has 133 heavy (non-hydrogen) atoms. The number of aliphatic carboxylic acids is 1. The minimum absolute atomic E-state index is 0. The van der Waals surface area contributed by atoms with E-state index in [2.05, 4.69) is 52.8 Å². The smallest absolute Gasteiger partial charge is 0.303 e. The highest BCUT2D eigenvalue weighted by Gasteiger charge is 2.46. The number of likely N-dealkylation sites (N-methyl/N-ethyl adjacent to an activating group) is 1. The summed E-state index contributed by atoms with van der Waals surface area (Å²) >= 11 is 0.961. The molecule has 2 saturated heterocycles. The van der Waals surface area contributed by atoms with Crippen LogP contribution in [0, 0.1) is 35.0 Å². The summed E-state index contributed by atoms with van der Waals surface area (Å²) in [6, 6.07) is 14.3. The van der Waals surface area contributed by atoms with Gasteiger partial charge in [0.05, 0.1) is 54.4 Å². The third-order valence-electron chi connectivity index (χ3n) is 23.0. The van der Waals surface area contributed by atoms with E-state index < -0.39 is 279 Å². The van der Waals surface area contributed by atoms with Crippen molar-refractivity contribution < 1.29 is 112 Å². The van der Waals surface area contributed by atoms with Crippen LogP contribution in [0.2, 0.25) is 0 Å². The quantitative estimate of drug-likeness (QED) is 0.0146. The lowest BCUT2D eigenvalue weighted by atomic mass is 9.79. The van der Waals surface area contributed by atoms with Gasteiger partial charge < -0.3 is 107 Å². The third-order valence-corrected chi connectivity index (χ3v) is 24.1. The van der Waals surface area contributed by atoms with Crippen LogP contribution in [0.15, 0.2) is 97.2 Å². The van der Waals surface area contributed by atoms with Crippen molar-refractivity contribution in [3.8, 4) is 5.75 Å². The zero-order valence-electron chi connectivity index (χ0n) is 75.6. The first-order chi connectivity index (χ1) is 63.2. The van der Waals surface area contributed by atoms with Crippen molar-refractivity contribution in [1.82, 2.24) is 52.8 Å². The van der Waals surface area contributed by atoms with Crippen LogP contribution in [-0.4, -0.2) is 232 Å². The van der Waals surface area contributed by atoms with Crippen LogP contribution in [0.1, 0.15) is 174 Å². The summed E-state index contributed by atoms with van der Waals surface area (Å²) in [5.41, 5.74) is 33.2. The Bertz CT molecular complexity index is 4970. The Hall–Kier alpha value is -12.9. The van der Waals surface area contributed by atoms with Gasteiger partial charge in [-0.3, -0.25) is 96.5 Å². The molecule has 3 heterocycles. The number of thioether (sulfide) groups is 1. The zero-order chi connectivity index (χ0) is 98.2. The number of fused-ring (bicyclic) bond motifs is 2. The van der Waals surface area contributed by atoms with Gasteiger partial charge in [-0.1, -0.05) is 93.1 Å². The van der Waals surface area contributed by atoms with Gasteiger partial charge in [-0.05, 0) is 117 Å². The van der Waals surface area contributed by atoms with E-state index in [4.69, 9.17) is 49.3 Å². The molecule has 2 fully saturated rings. The van der Waals surface area contributed by atoms with Gasteiger partial charge in [0.15, 0.2) is 28.9 Å². The predicted molar refractivity (Wildman–Crippen MR) is 493 cm³/mol. The number of amidine groups is 1. The number of aliphatic hydroxyl groups is 1. The minimum atomic E-state index is -1.94. The largest absolute Gasteiger partial charge is 0.492 e. The number of carboxylic acids is 1. The first-order valence-electron chi connectivity index (χ1n) is 44.5. The molecule has 0 aliphatic carbocycles. The van der Waals surface area contributed by atoms with E-state index in [0.717, 1.165) is 31.0 Å². The molecule has 13 atom stereocenters. The highest BCUT2D eigenvalue weighted by Crippen LogP contribution is 2.32. The summed E-state index contributed by atoms with van der Waals surface area (Å²) in [5.74, 6) is -26.6. The summed E-state index contributed by atoms with van der Waals surface area (Å²) < 4.78 is 11.6. The molecule has 4 aromatic carbocycles. The van der Waals surface area contributed by atoms with E-state index in [1.54, 1.807) is 92.1 Å². The standard InChI is InChI=1S/C90H121N17O23S.C2H6.H2/c1-49(108)81-89(128)105-69(39-59-47-99-63-13-7-6-12-62(59)63)88(127)101-64(24-26-77(94)116)71(111)43-60(48-131-35-28-65(70(110)40-55(84(123)106-81)20-25-76(93)115)102-87(126)66(100-50(2)109)14-8-9-15-75(91)92)85(124)103-67(38-51-17-22-61(23-18-51)130-34-31-98-3)73(113)42-58(37-52-16-19-53-10-4-5-11-54(53)36-52)86(125)107-90(29-32-129-33-30-90)74(114)44-56(21-27-80(119)120)83(122)104-68(46-79(96)118)72(112)41-57(82(97)121)45-78(95)117;1-2;/h4-7,10-13,16-19,22-23,36,47,49,55-58,60,64-69,81,98-99,108H,8-9,14-15,20-21,24-35,37-46,48H2,1-3H3,(H3,91,92)(H2,93,115)(H2,94,116)(H2,95,117)(H2,96,118)(H2,97,121)(H,100,109)(H,101,127)(H,102,126)(H,103,124)(H,104,122)(H,105,128)(H,106,123)(H,107,125)(H,119,120);1-2H3;1H/i;;1+1. The SMILES string of the molecule is CC.CNCCOc1ccc(CC(NC(=O)C2CSCCC(NC(=O)C(CCCCC(=N)N)NC(C)=O)C(=O)CC(CCC(N)=O)C(=O)NC(C(C)O)C(=O)NC(Cc3c[nH]c4ccccc34)C(=O)NC(CCC(N)=O)C(=O)C2)C(=O)CC(Cc2ccc3ccccc3c2)C(=O)NC2(C(=O)CC(CCC(=O)O)C(=O)NC(CC(N)=O)C(=O)CC(CC(N)=O)C(N)=O)CCOCC2)cc1.[2HH]. The van der Waals surface area contributed by atoms with Crippen molar-refractivity contribution in [3.05, 3.63) is 114 Å². The molecule has 41 heteroatoms. The van der Waals surface area contributed by atoms with E-state index in [1.165, 1.54) is 0 Å². The van der Waals surface area contributed by atoms with Gasteiger partial charge in [0, 0.05) is 152 Å². The number of ether oxygens (including phenoxy) is 2. The molecule has 5 aromatic rings. The van der Waals surface area contributed by atoms with Gasteiger partial charge in [-0.2, -0.15) is 11.8 Å². The summed E-state index contributed by atoms with van der Waals surface area (Å²) in [5, 5.41) is 55.2. The van der Waals surface area contributed by atoms with Crippen LogP contribution >= 0.6 is 11.8 Å². The number of Topliss-reactive ketones (excluding diaryl/α,β-unsaturated/α-hetero) is 5. The van der Waals surface area contributed by atoms with E-state index in [1.807, 2.05) is 26.0 Å². The number of carbonyl (C=O) groups is 19. The number of nitrogens with one attached hydrogen (secondary N) is 11. The Morgan fingerprint density at radius 1 is 0.624 bits per heavy atom. The minimum Gasteiger partial charge on any atom is -0.492 e. The number of ketones is 5. The van der Waals surface area contributed by atoms with Crippen molar-refractivity contribution in [2.45, 2.75) is 229 Å². The summed E-state index contributed by atoms with van der Waals surface area (Å²) in [6.07, 6.45) is -9.98. The molecule has 7 rings (SSSR count). The molecular formula is C92H129N17O23S. The van der Waals surface area contributed by atoms with Crippen LogP contribution in [0.25, 0.3) is 21.7 Å². The second kappa shape index (κ2) is 54.8. The number of hydrogen-bond donors (Lipinski definition) is 19. The van der Waals surface area contributed by atoms with Gasteiger partial charge >= 0.3 is 5.97 Å². The molecule has 0 radical (unpaired) electrons. The molecule has 2 aliphatic heterocycles. The Morgan fingerprint density at radius 2 is 1.26 bits per heavy atom. The van der Waals surface area contributed by atoms with Crippen molar-refractivity contribution in [2.75, 3.05) is 44.9 Å². The second-order valence-corrected chi connectivity index (χ2v) is 34.5. The average Bonchev–Trinajstić information content (AvgIpc) is 0.950. The number of hydrogen-bond acceptors (Lipinski definition) is 25. The first kappa shape index (κ1) is 109. The summed E-state index contributed by atoms with van der Waals surface area (Å²) in [7, 11) is 1.73. The number of aromatic amines is 1. The molecule has 0 saturated carbocycles. The molecule has 726 valence electrons. The second-order valence-electron chi connectivity index (χ2n) is 33.3. The lowest BCUT2D eigenvalue weighted by Crippen LogP contribution is -2.59. The number of aliphatic hydroxyl groups excluding tert-OH is 1. The number of primary amides is 5. The van der Waals surface area contributed by atoms with Gasteiger partial charge in [-0.15, -0.1) is 0 Å². The molecule has 0 bridgehead atoms. The average molecular weight is 1870 g/mol. The highest BCUT2D eigenvalue weighted by molar-refractivity contribution is 7.99. The maximum Gasteiger partial charge on any atom is 0.303 e. The molecule has 40 nitrogen and oxygen atoms in total. The number of H-pyrrole nitrogens is 1.